The maximum absolute atomic E-state index is 14.2. The number of likely N-dealkylation sites (tertiary alicyclic amines) is 1. The maximum Gasteiger partial charge on any atom is 0.309 e. The van der Waals surface area contributed by atoms with Crippen LogP contribution in [-0.2, 0) is 4.79 Å². The molecule has 2 fully saturated rings. The number of nitrogens with zero attached hydrogens (tertiary/aromatic N) is 2. The van der Waals surface area contributed by atoms with Crippen molar-refractivity contribution in [3.63, 3.8) is 0 Å². The molecule has 1 aliphatic carbocycles. The van der Waals surface area contributed by atoms with E-state index in [-0.39, 0.29) is 17.0 Å². The Kier molecular flexibility index (Phi) is 5.72. The highest BCUT2D eigenvalue weighted by atomic mass is 19.1. The highest BCUT2D eigenvalue weighted by Crippen LogP contribution is 2.31. The smallest absolute Gasteiger partial charge is 0.309 e. The number of halogens is 1. The number of hydrogen-bond donors (Lipinski definition) is 2. The number of carboxylic acids is 1. The number of aromatic nitrogens is 1. The number of amides is 1. The predicted octanol–water partition coefficient (Wildman–Crippen LogP) is 2.40. The summed E-state index contributed by atoms with van der Waals surface area (Å²) in [6, 6.07) is 5.12. The fourth-order valence-electron chi connectivity index (χ4n) is 3.85. The summed E-state index contributed by atoms with van der Waals surface area (Å²) < 4.78 is 24.4. The number of benzene rings is 1. The topological polar surface area (TPSA) is 105 Å². The van der Waals surface area contributed by atoms with Crippen molar-refractivity contribution in [3.05, 3.63) is 35.8 Å². The van der Waals surface area contributed by atoms with Crippen LogP contribution in [0.5, 0.6) is 5.75 Å². The summed E-state index contributed by atoms with van der Waals surface area (Å²) >= 11 is 0. The van der Waals surface area contributed by atoms with Crippen LogP contribution in [0.25, 0.3) is 11.3 Å². The number of hydrogen-bond acceptors (Lipinski definition) is 6. The first kappa shape index (κ1) is 20.3. The van der Waals surface area contributed by atoms with Crippen LogP contribution in [0.1, 0.15) is 29.8 Å². The average Bonchev–Trinajstić information content (AvgIpc) is 3.40. The molecule has 2 aromatic rings. The van der Waals surface area contributed by atoms with Crippen molar-refractivity contribution in [3.8, 4) is 17.1 Å². The summed E-state index contributed by atoms with van der Waals surface area (Å²) in [7, 11) is 1.44. The molecular weight excluding hydrogens is 393 g/mol. The zero-order valence-corrected chi connectivity index (χ0v) is 16.6. The molecule has 2 heterocycles. The zero-order valence-electron chi connectivity index (χ0n) is 16.6. The maximum atomic E-state index is 14.2. The van der Waals surface area contributed by atoms with Gasteiger partial charge in [-0.25, -0.2) is 4.39 Å². The molecule has 0 bridgehead atoms. The number of rotatable bonds is 7. The van der Waals surface area contributed by atoms with Gasteiger partial charge in [-0.2, -0.15) is 0 Å². The van der Waals surface area contributed by atoms with Gasteiger partial charge in [0.1, 0.15) is 11.6 Å². The van der Waals surface area contributed by atoms with E-state index in [9.17, 15) is 19.1 Å². The second-order valence-corrected chi connectivity index (χ2v) is 7.94. The van der Waals surface area contributed by atoms with E-state index in [2.05, 4.69) is 15.4 Å². The lowest BCUT2D eigenvalue weighted by Gasteiger charge is -2.36. The van der Waals surface area contributed by atoms with Gasteiger partial charge in [0.2, 0.25) is 0 Å². The molecule has 0 spiro atoms. The Hall–Kier alpha value is -2.94. The third kappa shape index (κ3) is 4.46. The van der Waals surface area contributed by atoms with Crippen LogP contribution in [0, 0.1) is 17.7 Å². The van der Waals surface area contributed by atoms with Gasteiger partial charge >= 0.3 is 5.97 Å². The van der Waals surface area contributed by atoms with E-state index >= 15 is 0 Å². The van der Waals surface area contributed by atoms with Gasteiger partial charge in [-0.1, -0.05) is 5.16 Å². The Bertz CT molecular complexity index is 942. The average molecular weight is 417 g/mol. The Balaban J connectivity index is 1.43. The lowest BCUT2D eigenvalue weighted by Crippen LogP contribution is -2.53. The van der Waals surface area contributed by atoms with Crippen molar-refractivity contribution in [2.75, 3.05) is 26.7 Å². The normalized spacial score (nSPS) is 21.9. The number of methoxy groups -OCH3 is 1. The van der Waals surface area contributed by atoms with Crippen molar-refractivity contribution < 1.29 is 28.3 Å². The number of ether oxygens (including phenoxy) is 1. The van der Waals surface area contributed by atoms with Gasteiger partial charge in [-0.05, 0) is 37.3 Å². The zero-order chi connectivity index (χ0) is 21.3. The third-order valence-corrected chi connectivity index (χ3v) is 5.73. The second-order valence-electron chi connectivity index (χ2n) is 7.94. The van der Waals surface area contributed by atoms with Crippen LogP contribution in [0.3, 0.4) is 0 Å². The lowest BCUT2D eigenvalue weighted by atomic mass is 9.91. The molecule has 1 amide bonds. The van der Waals surface area contributed by atoms with E-state index in [4.69, 9.17) is 9.26 Å². The van der Waals surface area contributed by atoms with E-state index in [0.717, 1.165) is 13.1 Å². The highest BCUT2D eigenvalue weighted by molar-refractivity contribution is 5.93. The van der Waals surface area contributed by atoms with Crippen LogP contribution in [0.4, 0.5) is 4.39 Å². The van der Waals surface area contributed by atoms with Crippen LogP contribution < -0.4 is 10.1 Å². The molecule has 4 rings (SSSR count). The second kappa shape index (κ2) is 8.43. The standard InChI is InChI=1S/C21H24FN3O5/c1-29-13-4-5-14(16(22)8-13)19-9-18(24-30-19)20(26)23-17-6-7-25(10-12-2-3-12)11-15(17)21(27)28/h4-5,8-9,12,15,17H,2-3,6-7,10-11H2,1H3,(H,23,26)(H,27,28)/t15-,17-/m1/s1. The van der Waals surface area contributed by atoms with Crippen LogP contribution >= 0.6 is 0 Å². The number of nitrogens with one attached hydrogen (secondary N) is 1. The van der Waals surface area contributed by atoms with E-state index in [1.54, 1.807) is 6.07 Å². The minimum absolute atomic E-state index is 0.0234. The van der Waals surface area contributed by atoms with E-state index in [1.807, 2.05) is 0 Å². The number of carbonyl (C=O) groups is 2. The molecule has 1 aliphatic heterocycles. The first-order chi connectivity index (χ1) is 14.4. The Labute approximate surface area is 173 Å². The third-order valence-electron chi connectivity index (χ3n) is 5.73. The molecule has 2 atom stereocenters. The fraction of sp³-hybridized carbons (Fsp3) is 0.476. The van der Waals surface area contributed by atoms with E-state index < -0.39 is 29.7 Å². The molecule has 8 nitrogen and oxygen atoms in total. The van der Waals surface area contributed by atoms with Crippen molar-refractivity contribution in [1.29, 1.82) is 0 Å². The Morgan fingerprint density at radius 3 is 2.80 bits per heavy atom. The summed E-state index contributed by atoms with van der Waals surface area (Å²) in [6.07, 6.45) is 2.96. The molecule has 1 aromatic carbocycles. The molecule has 1 saturated heterocycles. The fourth-order valence-corrected chi connectivity index (χ4v) is 3.85. The number of piperidine rings is 1. The molecule has 0 unspecified atom stereocenters. The number of aliphatic carboxylic acids is 1. The van der Waals surface area contributed by atoms with Gasteiger partial charge < -0.3 is 24.6 Å². The van der Waals surface area contributed by atoms with Gasteiger partial charge in [-0.15, -0.1) is 0 Å². The lowest BCUT2D eigenvalue weighted by molar-refractivity contribution is -0.144. The molecule has 160 valence electrons. The summed E-state index contributed by atoms with van der Waals surface area (Å²) in [5.74, 6) is -1.57. The molecule has 0 radical (unpaired) electrons. The molecule has 9 heteroatoms. The first-order valence-electron chi connectivity index (χ1n) is 10.0. The van der Waals surface area contributed by atoms with Crippen LogP contribution in [0.15, 0.2) is 28.8 Å². The van der Waals surface area contributed by atoms with Crippen molar-refractivity contribution >= 4 is 11.9 Å². The molecular formula is C21H24FN3O5. The predicted molar refractivity (Wildman–Crippen MR) is 105 cm³/mol. The number of carboxylic acid groups (broad SMARTS) is 1. The molecule has 2 N–H and O–H groups in total. The Morgan fingerprint density at radius 1 is 1.33 bits per heavy atom. The van der Waals surface area contributed by atoms with Crippen LogP contribution in [-0.4, -0.2) is 59.8 Å². The van der Waals surface area contributed by atoms with Gasteiger partial charge in [0.15, 0.2) is 11.5 Å². The van der Waals surface area contributed by atoms with Crippen LogP contribution in [0.2, 0.25) is 0 Å². The summed E-state index contributed by atoms with van der Waals surface area (Å²) in [4.78, 5) is 26.5. The summed E-state index contributed by atoms with van der Waals surface area (Å²) in [6.45, 7) is 2.08. The van der Waals surface area contributed by atoms with E-state index in [0.29, 0.717) is 24.6 Å². The quantitative estimate of drug-likeness (QED) is 0.713. The van der Waals surface area contributed by atoms with Gasteiger partial charge in [0.05, 0.1) is 18.6 Å². The molecule has 2 aliphatic rings. The van der Waals surface area contributed by atoms with Gasteiger partial charge in [0, 0.05) is 37.8 Å². The molecule has 30 heavy (non-hydrogen) atoms. The SMILES string of the molecule is COc1ccc(-c2cc(C(=O)N[C@@H]3CCN(CC4CC4)C[C@H]3C(=O)O)no2)c(F)c1. The van der Waals surface area contributed by atoms with Crippen molar-refractivity contribution in [2.24, 2.45) is 11.8 Å². The largest absolute Gasteiger partial charge is 0.497 e. The first-order valence-corrected chi connectivity index (χ1v) is 10.0. The molecule has 1 aromatic heterocycles. The summed E-state index contributed by atoms with van der Waals surface area (Å²) in [5, 5.41) is 16.1. The Morgan fingerprint density at radius 2 is 2.13 bits per heavy atom. The minimum Gasteiger partial charge on any atom is -0.497 e. The minimum atomic E-state index is -0.929. The van der Waals surface area contributed by atoms with Crippen molar-refractivity contribution in [1.82, 2.24) is 15.4 Å². The van der Waals surface area contributed by atoms with Crippen molar-refractivity contribution in [2.45, 2.75) is 25.3 Å². The number of carbonyl (C=O) groups excluding carboxylic acids is 1. The highest BCUT2D eigenvalue weighted by Gasteiger charge is 2.37. The van der Waals surface area contributed by atoms with E-state index in [1.165, 1.54) is 38.2 Å². The molecule has 1 saturated carbocycles. The monoisotopic (exact) mass is 417 g/mol. The van der Waals surface area contributed by atoms with Gasteiger partial charge in [0.25, 0.3) is 5.91 Å². The summed E-state index contributed by atoms with van der Waals surface area (Å²) in [5.41, 5.74) is 0.129. The van der Waals surface area contributed by atoms with Gasteiger partial charge in [-0.3, -0.25) is 9.59 Å².